The van der Waals surface area contributed by atoms with Gasteiger partial charge in [0.2, 0.25) is 0 Å². The molecular weight excluding hydrogens is 144 g/mol. The monoisotopic (exact) mass is 154 g/mol. The summed E-state index contributed by atoms with van der Waals surface area (Å²) in [6.45, 7) is 0. The summed E-state index contributed by atoms with van der Waals surface area (Å²) in [5.41, 5.74) is 5.82. The summed E-state index contributed by atoms with van der Waals surface area (Å²) < 4.78 is 0. The molecule has 3 aliphatic carbocycles. The molecule has 0 heterocycles. The first-order valence-corrected chi connectivity index (χ1v) is 4.44. The van der Waals surface area contributed by atoms with Gasteiger partial charge in [-0.05, 0) is 35.1 Å². The van der Waals surface area contributed by atoms with Gasteiger partial charge in [0, 0.05) is 0 Å². The van der Waals surface area contributed by atoms with Gasteiger partial charge in [-0.1, -0.05) is 36.4 Å². The Bertz CT molecular complexity index is 401. The lowest BCUT2D eigenvalue weighted by atomic mass is 9.91. The third-order valence-electron chi connectivity index (χ3n) is 2.75. The Balaban J connectivity index is 2.36. The molecule has 0 heteroatoms. The zero-order valence-corrected chi connectivity index (χ0v) is 6.88. The van der Waals surface area contributed by atoms with Gasteiger partial charge in [0.05, 0.1) is 0 Å². The Morgan fingerprint density at radius 2 is 1.58 bits per heavy atom. The topological polar surface area (TPSA) is 0 Å². The van der Waals surface area contributed by atoms with Gasteiger partial charge >= 0.3 is 0 Å². The van der Waals surface area contributed by atoms with Crippen molar-refractivity contribution in [3.8, 4) is 11.1 Å². The zero-order valence-electron chi connectivity index (χ0n) is 6.88. The van der Waals surface area contributed by atoms with Crippen LogP contribution >= 0.6 is 0 Å². The highest BCUT2D eigenvalue weighted by atomic mass is 14.2. The maximum atomic E-state index is 2.33. The van der Waals surface area contributed by atoms with E-state index >= 15 is 0 Å². The standard InChI is InChI=1S/C12H10/c1-2-9-4-5-10-6-7-12(10)8-11(9)3-1/h1-5,8H,6-7H2. The predicted molar refractivity (Wildman–Crippen MR) is 50.5 cm³/mol. The molecule has 0 amide bonds. The first-order chi connectivity index (χ1) is 5.93. The minimum absolute atomic E-state index is 1.27. The van der Waals surface area contributed by atoms with E-state index in [1.165, 1.54) is 35.1 Å². The number of rotatable bonds is 0. The summed E-state index contributed by atoms with van der Waals surface area (Å²) in [5.74, 6) is 0. The fourth-order valence-corrected chi connectivity index (χ4v) is 1.88. The zero-order chi connectivity index (χ0) is 7.97. The van der Waals surface area contributed by atoms with Crippen LogP contribution < -0.4 is 0 Å². The highest BCUT2D eigenvalue weighted by Gasteiger charge is 2.12. The van der Waals surface area contributed by atoms with Gasteiger partial charge in [0.15, 0.2) is 0 Å². The van der Waals surface area contributed by atoms with Gasteiger partial charge in [-0.2, -0.15) is 0 Å². The molecule has 0 nitrogen and oxygen atoms in total. The lowest BCUT2D eigenvalue weighted by Crippen LogP contribution is -2.04. The molecule has 12 heavy (non-hydrogen) atoms. The number of hydrogen-bond acceptors (Lipinski definition) is 0. The summed E-state index contributed by atoms with van der Waals surface area (Å²) in [6, 6.07) is 13.3. The maximum absolute atomic E-state index is 2.33. The summed E-state index contributed by atoms with van der Waals surface area (Å²) in [6.07, 6.45) is 2.54. The van der Waals surface area contributed by atoms with Gasteiger partial charge in [0.25, 0.3) is 0 Å². The van der Waals surface area contributed by atoms with Gasteiger partial charge in [-0.3, -0.25) is 0 Å². The van der Waals surface area contributed by atoms with Gasteiger partial charge in [-0.15, -0.1) is 0 Å². The van der Waals surface area contributed by atoms with Crippen molar-refractivity contribution in [3.05, 3.63) is 47.5 Å². The quantitative estimate of drug-likeness (QED) is 0.547. The van der Waals surface area contributed by atoms with Crippen molar-refractivity contribution >= 4 is 0 Å². The average Bonchev–Trinajstić information content (AvgIpc) is 2.42. The molecule has 3 rings (SSSR count). The van der Waals surface area contributed by atoms with E-state index < -0.39 is 0 Å². The van der Waals surface area contributed by atoms with E-state index in [9.17, 15) is 0 Å². The van der Waals surface area contributed by atoms with Crippen molar-refractivity contribution in [3.63, 3.8) is 0 Å². The summed E-state index contributed by atoms with van der Waals surface area (Å²) in [4.78, 5) is 0. The van der Waals surface area contributed by atoms with Crippen molar-refractivity contribution < 1.29 is 0 Å². The predicted octanol–water partition coefficient (Wildman–Crippen LogP) is 2.89. The minimum atomic E-state index is 1.27. The fraction of sp³-hybridized carbons (Fsp3) is 0.167. The average molecular weight is 154 g/mol. The highest BCUT2D eigenvalue weighted by molar-refractivity contribution is 5.67. The smallest absolute Gasteiger partial charge is 0.0181 e. The normalized spacial score (nSPS) is 14.0. The highest BCUT2D eigenvalue weighted by Crippen LogP contribution is 2.29. The largest absolute Gasteiger partial charge is 0.0610 e. The SMILES string of the molecule is c1cc2ccc3c(cc-2c1)CC3. The van der Waals surface area contributed by atoms with Crippen LogP contribution in [0.3, 0.4) is 0 Å². The Morgan fingerprint density at radius 1 is 0.750 bits per heavy atom. The second-order valence-corrected chi connectivity index (χ2v) is 3.46. The molecule has 0 bridgehead atoms. The first kappa shape index (κ1) is 6.24. The van der Waals surface area contributed by atoms with Crippen LogP contribution in [0.5, 0.6) is 0 Å². The van der Waals surface area contributed by atoms with Crippen molar-refractivity contribution in [2.45, 2.75) is 12.8 Å². The van der Waals surface area contributed by atoms with Crippen molar-refractivity contribution in [1.82, 2.24) is 0 Å². The third-order valence-corrected chi connectivity index (χ3v) is 2.75. The summed E-state index contributed by atoms with van der Waals surface area (Å²) >= 11 is 0. The molecule has 3 aliphatic rings. The molecule has 0 saturated heterocycles. The third kappa shape index (κ3) is 0.724. The molecule has 0 N–H and O–H groups in total. The van der Waals surface area contributed by atoms with Crippen LogP contribution in [0.4, 0.5) is 0 Å². The molecule has 58 valence electrons. The van der Waals surface area contributed by atoms with Crippen LogP contribution in [-0.2, 0) is 12.8 Å². The second kappa shape index (κ2) is 2.10. The van der Waals surface area contributed by atoms with Gasteiger partial charge in [0.1, 0.15) is 0 Å². The fourth-order valence-electron chi connectivity index (χ4n) is 1.88. The van der Waals surface area contributed by atoms with Crippen LogP contribution in [0.25, 0.3) is 11.1 Å². The molecule has 0 fully saturated rings. The molecule has 0 atom stereocenters. The van der Waals surface area contributed by atoms with Crippen molar-refractivity contribution in [2.75, 3.05) is 0 Å². The Hall–Kier alpha value is -1.30. The van der Waals surface area contributed by atoms with E-state index in [-0.39, 0.29) is 0 Å². The lowest BCUT2D eigenvalue weighted by Gasteiger charge is -2.14. The van der Waals surface area contributed by atoms with Crippen LogP contribution in [0, 0.1) is 0 Å². The van der Waals surface area contributed by atoms with E-state index in [1.54, 1.807) is 0 Å². The van der Waals surface area contributed by atoms with Crippen LogP contribution in [0.15, 0.2) is 36.4 Å². The van der Waals surface area contributed by atoms with Crippen molar-refractivity contribution in [1.29, 1.82) is 0 Å². The first-order valence-electron chi connectivity index (χ1n) is 4.44. The molecule has 0 aliphatic heterocycles. The van der Waals surface area contributed by atoms with Crippen molar-refractivity contribution in [2.24, 2.45) is 0 Å². The van der Waals surface area contributed by atoms with E-state index in [2.05, 4.69) is 36.4 Å². The van der Waals surface area contributed by atoms with E-state index in [4.69, 9.17) is 0 Å². The van der Waals surface area contributed by atoms with Gasteiger partial charge < -0.3 is 0 Å². The number of fused-ring (bicyclic) bond motifs is 2. The Morgan fingerprint density at radius 3 is 2.42 bits per heavy atom. The number of aryl methyl sites for hydroxylation is 2. The Labute approximate surface area is 72.2 Å². The molecule has 0 spiro atoms. The lowest BCUT2D eigenvalue weighted by molar-refractivity contribution is 0.845. The van der Waals surface area contributed by atoms with E-state index in [1.807, 2.05) is 0 Å². The Kier molecular flexibility index (Phi) is 1.09. The maximum Gasteiger partial charge on any atom is -0.0181 e. The van der Waals surface area contributed by atoms with Crippen LogP contribution in [0.1, 0.15) is 11.1 Å². The summed E-state index contributed by atoms with van der Waals surface area (Å²) in [7, 11) is 0. The minimum Gasteiger partial charge on any atom is -0.0610 e. The van der Waals surface area contributed by atoms with E-state index in [0.29, 0.717) is 0 Å². The number of hydrogen-bond donors (Lipinski definition) is 0. The molecule has 0 aromatic carbocycles. The molecule has 0 aromatic heterocycles. The molecule has 0 unspecified atom stereocenters. The van der Waals surface area contributed by atoms with Gasteiger partial charge in [-0.25, -0.2) is 0 Å². The van der Waals surface area contributed by atoms with Crippen LogP contribution in [0.2, 0.25) is 0 Å². The van der Waals surface area contributed by atoms with Crippen LogP contribution in [-0.4, -0.2) is 0 Å². The second-order valence-electron chi connectivity index (χ2n) is 3.46. The molecule has 0 saturated carbocycles. The molecule has 0 radical (unpaired) electrons. The molecule has 0 aromatic rings. The summed E-state index contributed by atoms with van der Waals surface area (Å²) in [5, 5.41) is 0. The molecular formula is C12H10. The van der Waals surface area contributed by atoms with E-state index in [0.717, 1.165) is 0 Å².